The molecule has 0 aromatic carbocycles. The molecule has 0 spiro atoms. The minimum Gasteiger partial charge on any atom is -0.347 e. The fourth-order valence-corrected chi connectivity index (χ4v) is 0.791. The third kappa shape index (κ3) is 2.58. The standard InChI is InChI=1S/C8H12N4O2/c1-12(2)7(13)5-9-8(14)6-3-10-11-4-6/h3-4H,5H2,1-2H3,(H,9,14)(H,10,11). The first-order valence-corrected chi connectivity index (χ1v) is 4.08. The van der Waals surface area contributed by atoms with E-state index < -0.39 is 0 Å². The first kappa shape index (κ1) is 10.2. The van der Waals surface area contributed by atoms with E-state index in [0.29, 0.717) is 5.56 Å². The van der Waals surface area contributed by atoms with Gasteiger partial charge in [0.1, 0.15) is 0 Å². The number of aromatic nitrogens is 2. The summed E-state index contributed by atoms with van der Waals surface area (Å²) in [5.74, 6) is -0.462. The summed E-state index contributed by atoms with van der Waals surface area (Å²) in [6.07, 6.45) is 2.87. The third-order valence-electron chi connectivity index (χ3n) is 1.66. The molecule has 2 amide bonds. The molecule has 1 rings (SSSR count). The van der Waals surface area contributed by atoms with E-state index in [2.05, 4.69) is 15.5 Å². The Hall–Kier alpha value is -1.85. The van der Waals surface area contributed by atoms with Gasteiger partial charge >= 0.3 is 0 Å². The average Bonchev–Trinajstić information content (AvgIpc) is 2.66. The van der Waals surface area contributed by atoms with Gasteiger partial charge in [0.2, 0.25) is 5.91 Å². The third-order valence-corrected chi connectivity index (χ3v) is 1.66. The van der Waals surface area contributed by atoms with Crippen molar-refractivity contribution in [2.24, 2.45) is 0 Å². The summed E-state index contributed by atoms with van der Waals surface area (Å²) in [5, 5.41) is 8.62. The van der Waals surface area contributed by atoms with Gasteiger partial charge in [-0.1, -0.05) is 0 Å². The summed E-state index contributed by atoms with van der Waals surface area (Å²) < 4.78 is 0. The minimum atomic E-state index is -0.311. The Balaban J connectivity index is 2.40. The van der Waals surface area contributed by atoms with Crippen LogP contribution < -0.4 is 5.32 Å². The first-order chi connectivity index (χ1) is 6.61. The quantitative estimate of drug-likeness (QED) is 0.666. The topological polar surface area (TPSA) is 78.1 Å². The molecule has 0 fully saturated rings. The van der Waals surface area contributed by atoms with Gasteiger partial charge in [0.15, 0.2) is 0 Å². The Labute approximate surface area is 81.3 Å². The van der Waals surface area contributed by atoms with Crippen LogP contribution in [0, 0.1) is 0 Å². The van der Waals surface area contributed by atoms with Crippen molar-refractivity contribution < 1.29 is 9.59 Å². The molecule has 6 heteroatoms. The molecule has 0 radical (unpaired) electrons. The predicted molar refractivity (Wildman–Crippen MR) is 49.6 cm³/mol. The normalized spacial score (nSPS) is 9.57. The van der Waals surface area contributed by atoms with Gasteiger partial charge in [-0.25, -0.2) is 0 Å². The van der Waals surface area contributed by atoms with Crippen LogP contribution in [0.15, 0.2) is 12.4 Å². The zero-order valence-electron chi connectivity index (χ0n) is 8.07. The lowest BCUT2D eigenvalue weighted by Gasteiger charge is -2.10. The number of aromatic amines is 1. The van der Waals surface area contributed by atoms with Crippen molar-refractivity contribution in [2.45, 2.75) is 0 Å². The number of rotatable bonds is 3. The van der Waals surface area contributed by atoms with Crippen LogP contribution >= 0.6 is 0 Å². The van der Waals surface area contributed by atoms with Crippen LogP contribution in [0.2, 0.25) is 0 Å². The summed E-state index contributed by atoms with van der Waals surface area (Å²) in [6.45, 7) is -0.00296. The smallest absolute Gasteiger partial charge is 0.254 e. The zero-order valence-corrected chi connectivity index (χ0v) is 8.07. The number of nitrogens with zero attached hydrogens (tertiary/aromatic N) is 2. The number of carbonyl (C=O) groups excluding carboxylic acids is 2. The second kappa shape index (κ2) is 4.40. The molecule has 0 aliphatic rings. The van der Waals surface area contributed by atoms with E-state index in [1.165, 1.54) is 17.3 Å². The second-order valence-corrected chi connectivity index (χ2v) is 2.96. The van der Waals surface area contributed by atoms with Crippen LogP contribution in [-0.4, -0.2) is 47.6 Å². The first-order valence-electron chi connectivity index (χ1n) is 4.08. The Bertz CT molecular complexity index is 318. The number of amides is 2. The number of likely N-dealkylation sites (N-methyl/N-ethyl adjacent to an activating group) is 1. The van der Waals surface area contributed by atoms with Gasteiger partial charge in [-0.15, -0.1) is 0 Å². The Morgan fingerprint density at radius 1 is 1.57 bits per heavy atom. The van der Waals surface area contributed by atoms with E-state index in [4.69, 9.17) is 0 Å². The molecule has 76 valence electrons. The van der Waals surface area contributed by atoms with Crippen molar-refractivity contribution in [1.29, 1.82) is 0 Å². The highest BCUT2D eigenvalue weighted by molar-refractivity contribution is 5.95. The maximum atomic E-state index is 11.3. The number of H-pyrrole nitrogens is 1. The van der Waals surface area contributed by atoms with Crippen molar-refractivity contribution >= 4 is 11.8 Å². The Morgan fingerprint density at radius 2 is 2.29 bits per heavy atom. The second-order valence-electron chi connectivity index (χ2n) is 2.96. The van der Waals surface area contributed by atoms with Gasteiger partial charge in [0.05, 0.1) is 18.3 Å². The van der Waals surface area contributed by atoms with Gasteiger partial charge in [0.25, 0.3) is 5.91 Å². The van der Waals surface area contributed by atoms with Gasteiger partial charge in [-0.2, -0.15) is 5.10 Å². The van der Waals surface area contributed by atoms with Crippen LogP contribution in [0.5, 0.6) is 0 Å². The van der Waals surface area contributed by atoms with Gasteiger partial charge < -0.3 is 10.2 Å². The maximum absolute atomic E-state index is 11.3. The lowest BCUT2D eigenvalue weighted by atomic mass is 10.3. The zero-order chi connectivity index (χ0) is 10.6. The van der Waals surface area contributed by atoms with Crippen molar-refractivity contribution in [2.75, 3.05) is 20.6 Å². The molecule has 0 saturated carbocycles. The molecule has 0 atom stereocenters. The highest BCUT2D eigenvalue weighted by atomic mass is 16.2. The van der Waals surface area contributed by atoms with Crippen molar-refractivity contribution in [3.63, 3.8) is 0 Å². The highest BCUT2D eigenvalue weighted by Crippen LogP contribution is 1.92. The lowest BCUT2D eigenvalue weighted by Crippen LogP contribution is -2.36. The molecule has 1 aromatic heterocycles. The summed E-state index contributed by atoms with van der Waals surface area (Å²) >= 11 is 0. The summed E-state index contributed by atoms with van der Waals surface area (Å²) in [5.41, 5.74) is 0.413. The maximum Gasteiger partial charge on any atom is 0.254 e. The van der Waals surface area contributed by atoms with Crippen LogP contribution in [0.1, 0.15) is 10.4 Å². The molecular weight excluding hydrogens is 184 g/mol. The molecule has 0 saturated heterocycles. The lowest BCUT2D eigenvalue weighted by molar-refractivity contribution is -0.127. The van der Waals surface area contributed by atoms with Crippen LogP contribution in [0.3, 0.4) is 0 Å². The average molecular weight is 196 g/mol. The highest BCUT2D eigenvalue weighted by Gasteiger charge is 2.09. The van der Waals surface area contributed by atoms with E-state index in [1.807, 2.05) is 0 Å². The number of carbonyl (C=O) groups is 2. The number of hydrogen-bond donors (Lipinski definition) is 2. The predicted octanol–water partition coefficient (Wildman–Crippen LogP) is -0.772. The van der Waals surface area contributed by atoms with E-state index in [-0.39, 0.29) is 18.4 Å². The molecule has 0 aliphatic heterocycles. The monoisotopic (exact) mass is 196 g/mol. The van der Waals surface area contributed by atoms with E-state index >= 15 is 0 Å². The fourth-order valence-electron chi connectivity index (χ4n) is 0.791. The molecule has 6 nitrogen and oxygen atoms in total. The summed E-state index contributed by atoms with van der Waals surface area (Å²) in [4.78, 5) is 23.8. The number of nitrogens with one attached hydrogen (secondary N) is 2. The van der Waals surface area contributed by atoms with E-state index in [1.54, 1.807) is 14.1 Å². The van der Waals surface area contributed by atoms with Gasteiger partial charge in [-0.3, -0.25) is 14.7 Å². The van der Waals surface area contributed by atoms with Crippen molar-refractivity contribution in [1.82, 2.24) is 20.4 Å². The van der Waals surface area contributed by atoms with Crippen LogP contribution in [0.25, 0.3) is 0 Å². The molecule has 2 N–H and O–H groups in total. The van der Waals surface area contributed by atoms with E-state index in [0.717, 1.165) is 0 Å². The van der Waals surface area contributed by atoms with Gasteiger partial charge in [0, 0.05) is 20.3 Å². The Morgan fingerprint density at radius 3 is 2.79 bits per heavy atom. The molecule has 0 unspecified atom stereocenters. The van der Waals surface area contributed by atoms with Gasteiger partial charge in [-0.05, 0) is 0 Å². The molecule has 0 bridgehead atoms. The van der Waals surface area contributed by atoms with Crippen molar-refractivity contribution in [3.8, 4) is 0 Å². The molecule has 1 heterocycles. The SMILES string of the molecule is CN(C)C(=O)CNC(=O)c1cn[nH]c1. The van der Waals surface area contributed by atoms with Crippen LogP contribution in [0.4, 0.5) is 0 Å². The fraction of sp³-hybridized carbons (Fsp3) is 0.375. The summed E-state index contributed by atoms with van der Waals surface area (Å²) in [7, 11) is 3.26. The minimum absolute atomic E-state index is 0.00296. The molecular formula is C8H12N4O2. The largest absolute Gasteiger partial charge is 0.347 e. The molecule has 14 heavy (non-hydrogen) atoms. The molecule has 0 aliphatic carbocycles. The Kier molecular flexibility index (Phi) is 3.22. The van der Waals surface area contributed by atoms with E-state index in [9.17, 15) is 9.59 Å². The van der Waals surface area contributed by atoms with Crippen LogP contribution in [-0.2, 0) is 4.79 Å². The number of hydrogen-bond acceptors (Lipinski definition) is 3. The summed E-state index contributed by atoms with van der Waals surface area (Å²) in [6, 6.07) is 0. The molecule has 1 aromatic rings. The van der Waals surface area contributed by atoms with Crippen molar-refractivity contribution in [3.05, 3.63) is 18.0 Å².